The zero-order chi connectivity index (χ0) is 19.0. The van der Waals surface area contributed by atoms with Crippen LogP contribution in [-0.2, 0) is 14.9 Å². The molecule has 10 heteroatoms. The molecule has 136 valence electrons. The molecule has 6 nitrogen and oxygen atoms in total. The van der Waals surface area contributed by atoms with Crippen molar-refractivity contribution in [2.75, 3.05) is 7.11 Å². The molecule has 25 heavy (non-hydrogen) atoms. The van der Waals surface area contributed by atoms with Crippen LogP contribution in [-0.4, -0.2) is 32.0 Å². The van der Waals surface area contributed by atoms with Gasteiger partial charge in [0.15, 0.2) is 11.4 Å². The molecule has 0 saturated heterocycles. The molecule has 0 atom stereocenters. The van der Waals surface area contributed by atoms with Crippen LogP contribution in [0.3, 0.4) is 0 Å². The lowest BCUT2D eigenvalue weighted by Gasteiger charge is -2.15. The number of alkyl halides is 3. The standard InChI is InChI=1S/C15H14F3NO5S/c1-8(2)9-5-4-6-10-12(24-25(21,22)15(16,17)18)7-11(14(20)23-3)19-13(9)10/h4-8H,1-3H3. The zero-order valence-electron chi connectivity index (χ0n) is 13.4. The van der Waals surface area contributed by atoms with Crippen molar-refractivity contribution in [3.8, 4) is 5.75 Å². The number of para-hydroxylation sites is 1. The number of ether oxygens (including phenoxy) is 1. The smallest absolute Gasteiger partial charge is 0.464 e. The number of benzene rings is 1. The third kappa shape index (κ3) is 3.68. The monoisotopic (exact) mass is 377 g/mol. The number of halogens is 3. The minimum atomic E-state index is -5.90. The topological polar surface area (TPSA) is 82.6 Å². The summed E-state index contributed by atoms with van der Waals surface area (Å²) in [5.74, 6) is -1.67. The van der Waals surface area contributed by atoms with Crippen LogP contribution >= 0.6 is 0 Å². The Hall–Kier alpha value is -2.36. The van der Waals surface area contributed by atoms with Gasteiger partial charge in [-0.3, -0.25) is 0 Å². The summed E-state index contributed by atoms with van der Waals surface area (Å²) in [5.41, 5.74) is -5.20. The average Bonchev–Trinajstić information content (AvgIpc) is 2.51. The summed E-state index contributed by atoms with van der Waals surface area (Å²) in [6, 6.07) is 5.37. The number of aromatic nitrogens is 1. The number of esters is 1. The second-order valence-electron chi connectivity index (χ2n) is 5.38. The molecule has 0 fully saturated rings. The maximum absolute atomic E-state index is 12.6. The van der Waals surface area contributed by atoms with Gasteiger partial charge in [-0.25, -0.2) is 9.78 Å². The van der Waals surface area contributed by atoms with Crippen LogP contribution in [0.5, 0.6) is 5.75 Å². The van der Waals surface area contributed by atoms with E-state index in [1.165, 1.54) is 12.1 Å². The summed E-state index contributed by atoms with van der Waals surface area (Å²) in [6.07, 6.45) is 0. The van der Waals surface area contributed by atoms with Crippen LogP contribution in [0.25, 0.3) is 10.9 Å². The van der Waals surface area contributed by atoms with Crippen molar-refractivity contribution in [3.05, 3.63) is 35.5 Å². The maximum Gasteiger partial charge on any atom is 0.534 e. The van der Waals surface area contributed by atoms with Gasteiger partial charge in [0.05, 0.1) is 12.6 Å². The van der Waals surface area contributed by atoms with Gasteiger partial charge in [-0.2, -0.15) is 21.6 Å². The number of carbonyl (C=O) groups is 1. The molecule has 0 spiro atoms. The van der Waals surface area contributed by atoms with Crippen molar-refractivity contribution >= 4 is 27.0 Å². The minimum Gasteiger partial charge on any atom is -0.464 e. The molecule has 2 aromatic rings. The van der Waals surface area contributed by atoms with E-state index in [4.69, 9.17) is 0 Å². The molecule has 0 radical (unpaired) electrons. The van der Waals surface area contributed by atoms with Gasteiger partial charge in [-0.05, 0) is 17.5 Å². The number of carbonyl (C=O) groups excluding carboxylic acids is 1. The van der Waals surface area contributed by atoms with E-state index in [0.29, 0.717) is 5.56 Å². The molecule has 0 saturated carbocycles. The first kappa shape index (κ1) is 19.0. The third-order valence-electron chi connectivity index (χ3n) is 3.33. The summed E-state index contributed by atoms with van der Waals surface area (Å²) in [5, 5.41) is 0.0340. The van der Waals surface area contributed by atoms with E-state index in [1.807, 2.05) is 13.8 Å². The molecule has 0 N–H and O–H groups in total. The summed E-state index contributed by atoms with van der Waals surface area (Å²) in [4.78, 5) is 15.8. The van der Waals surface area contributed by atoms with Crippen molar-refractivity contribution < 1.29 is 35.3 Å². The molecule has 0 aliphatic heterocycles. The Balaban J connectivity index is 2.78. The molecule has 0 unspecified atom stereocenters. The molecule has 1 aromatic heterocycles. The third-order valence-corrected chi connectivity index (χ3v) is 4.30. The second-order valence-corrected chi connectivity index (χ2v) is 6.92. The fourth-order valence-corrected chi connectivity index (χ4v) is 2.62. The highest BCUT2D eigenvalue weighted by Crippen LogP contribution is 2.34. The maximum atomic E-state index is 12.6. The molecule has 1 heterocycles. The van der Waals surface area contributed by atoms with E-state index in [9.17, 15) is 26.4 Å². The van der Waals surface area contributed by atoms with Gasteiger partial charge in [-0.1, -0.05) is 26.0 Å². The molecule has 0 amide bonds. The fraction of sp³-hybridized carbons (Fsp3) is 0.333. The zero-order valence-corrected chi connectivity index (χ0v) is 14.2. The number of hydrogen-bond donors (Lipinski definition) is 0. The summed E-state index contributed by atoms with van der Waals surface area (Å²) >= 11 is 0. The highest BCUT2D eigenvalue weighted by atomic mass is 32.2. The Morgan fingerprint density at radius 1 is 1.24 bits per heavy atom. The SMILES string of the molecule is COC(=O)c1cc(OS(=O)(=O)C(F)(F)F)c2cccc(C(C)C)c2n1. The van der Waals surface area contributed by atoms with Crippen molar-refractivity contribution in [2.24, 2.45) is 0 Å². The molecule has 0 aliphatic rings. The van der Waals surface area contributed by atoms with Crippen LogP contribution < -0.4 is 4.18 Å². The van der Waals surface area contributed by atoms with E-state index < -0.39 is 27.3 Å². The Morgan fingerprint density at radius 2 is 1.88 bits per heavy atom. The van der Waals surface area contributed by atoms with Crippen molar-refractivity contribution in [3.63, 3.8) is 0 Å². The van der Waals surface area contributed by atoms with E-state index in [-0.39, 0.29) is 22.5 Å². The van der Waals surface area contributed by atoms with Crippen LogP contribution in [0.15, 0.2) is 24.3 Å². The van der Waals surface area contributed by atoms with E-state index in [1.54, 1.807) is 6.07 Å². The Kier molecular flexibility index (Phi) is 4.94. The van der Waals surface area contributed by atoms with Crippen LogP contribution in [0.2, 0.25) is 0 Å². The predicted molar refractivity (Wildman–Crippen MR) is 82.8 cm³/mol. The summed E-state index contributed by atoms with van der Waals surface area (Å²) in [6.45, 7) is 3.63. The number of rotatable bonds is 4. The van der Waals surface area contributed by atoms with E-state index in [2.05, 4.69) is 13.9 Å². The number of hydrogen-bond acceptors (Lipinski definition) is 6. The van der Waals surface area contributed by atoms with Gasteiger partial charge >= 0.3 is 21.6 Å². The first-order chi connectivity index (χ1) is 11.5. The van der Waals surface area contributed by atoms with Crippen molar-refractivity contribution in [1.82, 2.24) is 4.98 Å². The normalized spacial score (nSPS) is 12.4. The van der Waals surface area contributed by atoms with Gasteiger partial charge in [-0.15, -0.1) is 0 Å². The fourth-order valence-electron chi connectivity index (χ4n) is 2.15. The number of pyridine rings is 1. The van der Waals surface area contributed by atoms with Crippen molar-refractivity contribution in [1.29, 1.82) is 0 Å². The van der Waals surface area contributed by atoms with Gasteiger partial charge in [0, 0.05) is 11.5 Å². The van der Waals surface area contributed by atoms with Crippen molar-refractivity contribution in [2.45, 2.75) is 25.3 Å². The Labute approximate surface area is 141 Å². The predicted octanol–water partition coefficient (Wildman–Crippen LogP) is 3.37. The van der Waals surface area contributed by atoms with Gasteiger partial charge in [0.25, 0.3) is 0 Å². The highest BCUT2D eigenvalue weighted by Gasteiger charge is 2.48. The van der Waals surface area contributed by atoms with Gasteiger partial charge in [0.1, 0.15) is 0 Å². The summed E-state index contributed by atoms with van der Waals surface area (Å²) in [7, 11) is -4.84. The molecular weight excluding hydrogens is 363 g/mol. The highest BCUT2D eigenvalue weighted by molar-refractivity contribution is 7.88. The molecule has 2 rings (SSSR count). The molecule has 0 aliphatic carbocycles. The lowest BCUT2D eigenvalue weighted by molar-refractivity contribution is -0.0499. The average molecular weight is 377 g/mol. The Bertz CT molecular complexity index is 923. The van der Waals surface area contributed by atoms with Crippen LogP contribution in [0, 0.1) is 0 Å². The second kappa shape index (κ2) is 6.51. The number of fused-ring (bicyclic) bond motifs is 1. The molecular formula is C15H14F3NO5S. The minimum absolute atomic E-state index is 0.0340. The largest absolute Gasteiger partial charge is 0.534 e. The van der Waals surface area contributed by atoms with E-state index >= 15 is 0 Å². The van der Waals surface area contributed by atoms with Gasteiger partial charge < -0.3 is 8.92 Å². The van der Waals surface area contributed by atoms with Crippen LogP contribution in [0.1, 0.15) is 35.8 Å². The van der Waals surface area contributed by atoms with Gasteiger partial charge in [0.2, 0.25) is 0 Å². The number of nitrogens with zero attached hydrogens (tertiary/aromatic N) is 1. The first-order valence-electron chi connectivity index (χ1n) is 7.00. The summed E-state index contributed by atoms with van der Waals surface area (Å²) < 4.78 is 69.4. The van der Waals surface area contributed by atoms with Crippen LogP contribution in [0.4, 0.5) is 13.2 Å². The molecule has 1 aromatic carbocycles. The first-order valence-corrected chi connectivity index (χ1v) is 8.41. The molecule has 0 bridgehead atoms. The Morgan fingerprint density at radius 3 is 2.40 bits per heavy atom. The lowest BCUT2D eigenvalue weighted by atomic mass is 9.99. The quantitative estimate of drug-likeness (QED) is 0.462. The number of methoxy groups -OCH3 is 1. The lowest BCUT2D eigenvalue weighted by Crippen LogP contribution is -2.28. The van der Waals surface area contributed by atoms with E-state index in [0.717, 1.165) is 13.2 Å².